The minimum atomic E-state index is 0.252. The summed E-state index contributed by atoms with van der Waals surface area (Å²) in [5.41, 5.74) is 6.08. The predicted molar refractivity (Wildman–Crippen MR) is 68.7 cm³/mol. The molecule has 0 amide bonds. The lowest BCUT2D eigenvalue weighted by atomic mass is 9.82. The fourth-order valence-corrected chi connectivity index (χ4v) is 1.92. The molecule has 84 valence electrons. The molecule has 0 N–H and O–H groups in total. The van der Waals surface area contributed by atoms with Crippen molar-refractivity contribution in [1.82, 2.24) is 0 Å². The highest BCUT2D eigenvalue weighted by Crippen LogP contribution is 2.30. The molecule has 0 saturated carbocycles. The summed E-state index contributed by atoms with van der Waals surface area (Å²) in [7, 11) is 0. The van der Waals surface area contributed by atoms with Gasteiger partial charge in [-0.15, -0.1) is 0 Å². The van der Waals surface area contributed by atoms with Gasteiger partial charge in [0.15, 0.2) is 0 Å². The van der Waals surface area contributed by atoms with Crippen LogP contribution in [0.15, 0.2) is 12.1 Å². The van der Waals surface area contributed by atoms with Crippen LogP contribution >= 0.6 is 0 Å². The summed E-state index contributed by atoms with van der Waals surface area (Å²) in [6, 6.07) is 4.72. The zero-order chi connectivity index (χ0) is 11.8. The molecule has 0 heteroatoms. The van der Waals surface area contributed by atoms with Gasteiger partial charge in [-0.2, -0.15) is 0 Å². The van der Waals surface area contributed by atoms with Gasteiger partial charge < -0.3 is 0 Å². The molecular formula is C15H24. The summed E-state index contributed by atoms with van der Waals surface area (Å²) < 4.78 is 0. The molecule has 0 spiro atoms. The van der Waals surface area contributed by atoms with Crippen molar-refractivity contribution < 1.29 is 0 Å². The van der Waals surface area contributed by atoms with Crippen molar-refractivity contribution in [3.8, 4) is 0 Å². The van der Waals surface area contributed by atoms with Crippen LogP contribution in [0.2, 0.25) is 0 Å². The van der Waals surface area contributed by atoms with E-state index in [1.54, 1.807) is 0 Å². The summed E-state index contributed by atoms with van der Waals surface area (Å²) >= 11 is 0. The van der Waals surface area contributed by atoms with Crippen LogP contribution in [0, 0.1) is 13.8 Å². The van der Waals surface area contributed by atoms with Gasteiger partial charge >= 0.3 is 0 Å². The molecule has 1 aromatic carbocycles. The SMILES string of the molecule is Cc1cc(C(C)(C)C)cc(C(C)C)c1C. The Morgan fingerprint density at radius 3 is 1.93 bits per heavy atom. The molecule has 0 bridgehead atoms. The summed E-state index contributed by atoms with van der Waals surface area (Å²) in [5, 5.41) is 0. The van der Waals surface area contributed by atoms with E-state index in [0.29, 0.717) is 5.92 Å². The molecule has 0 radical (unpaired) electrons. The van der Waals surface area contributed by atoms with Crippen LogP contribution in [-0.4, -0.2) is 0 Å². The largest absolute Gasteiger partial charge is 0.0587 e. The molecule has 1 rings (SSSR count). The van der Waals surface area contributed by atoms with Crippen LogP contribution in [0.25, 0.3) is 0 Å². The van der Waals surface area contributed by atoms with Crippen LogP contribution in [0.4, 0.5) is 0 Å². The van der Waals surface area contributed by atoms with E-state index in [1.165, 1.54) is 22.3 Å². The van der Waals surface area contributed by atoms with Crippen molar-refractivity contribution in [3.05, 3.63) is 34.4 Å². The second-order valence-corrected chi connectivity index (χ2v) is 5.91. The van der Waals surface area contributed by atoms with Crippen molar-refractivity contribution in [3.63, 3.8) is 0 Å². The Kier molecular flexibility index (Phi) is 3.28. The van der Waals surface area contributed by atoms with Crippen LogP contribution < -0.4 is 0 Å². The van der Waals surface area contributed by atoms with Crippen LogP contribution in [-0.2, 0) is 5.41 Å². The second kappa shape index (κ2) is 4.00. The first-order chi connectivity index (χ1) is 6.73. The van der Waals surface area contributed by atoms with Crippen LogP contribution in [0.5, 0.6) is 0 Å². The molecule has 0 atom stereocenters. The van der Waals surface area contributed by atoms with Gasteiger partial charge in [-0.1, -0.05) is 46.8 Å². The third-order valence-electron chi connectivity index (χ3n) is 3.20. The molecular weight excluding hydrogens is 180 g/mol. The molecule has 1 aromatic rings. The van der Waals surface area contributed by atoms with E-state index in [0.717, 1.165) is 0 Å². The molecule has 0 heterocycles. The Labute approximate surface area is 94.7 Å². The standard InChI is InChI=1S/C15H24/c1-10(2)14-9-13(15(5,6)7)8-11(3)12(14)4/h8-10H,1-7H3. The van der Waals surface area contributed by atoms with E-state index >= 15 is 0 Å². The molecule has 0 unspecified atom stereocenters. The summed E-state index contributed by atoms with van der Waals surface area (Å²) in [6.07, 6.45) is 0. The highest BCUT2D eigenvalue weighted by molar-refractivity contribution is 5.41. The Morgan fingerprint density at radius 1 is 1.00 bits per heavy atom. The molecule has 0 aliphatic heterocycles. The van der Waals surface area contributed by atoms with E-state index in [9.17, 15) is 0 Å². The molecule has 0 aliphatic carbocycles. The Bertz CT molecular complexity index is 351. The predicted octanol–water partition coefficient (Wildman–Crippen LogP) is 4.72. The zero-order valence-corrected chi connectivity index (χ0v) is 11.2. The lowest BCUT2D eigenvalue weighted by molar-refractivity contribution is 0.587. The number of aryl methyl sites for hydroxylation is 1. The zero-order valence-electron chi connectivity index (χ0n) is 11.2. The quantitative estimate of drug-likeness (QED) is 0.620. The minimum absolute atomic E-state index is 0.252. The van der Waals surface area contributed by atoms with Crippen LogP contribution in [0.1, 0.15) is 62.8 Å². The van der Waals surface area contributed by atoms with Gasteiger partial charge in [-0.05, 0) is 47.4 Å². The fraction of sp³-hybridized carbons (Fsp3) is 0.600. The molecule has 0 fully saturated rings. The lowest BCUT2D eigenvalue weighted by Gasteiger charge is -2.23. The van der Waals surface area contributed by atoms with Crippen molar-refractivity contribution in [1.29, 1.82) is 0 Å². The van der Waals surface area contributed by atoms with Crippen LogP contribution in [0.3, 0.4) is 0 Å². The van der Waals surface area contributed by atoms with Gasteiger partial charge in [0, 0.05) is 0 Å². The van der Waals surface area contributed by atoms with Crippen molar-refractivity contribution in [2.24, 2.45) is 0 Å². The highest BCUT2D eigenvalue weighted by atomic mass is 14.2. The molecule has 0 saturated heterocycles. The third-order valence-corrected chi connectivity index (χ3v) is 3.20. The average Bonchev–Trinajstić information content (AvgIpc) is 2.06. The number of hydrogen-bond acceptors (Lipinski definition) is 0. The Balaban J connectivity index is 3.36. The lowest BCUT2D eigenvalue weighted by Crippen LogP contribution is -2.13. The third kappa shape index (κ3) is 2.62. The second-order valence-electron chi connectivity index (χ2n) is 5.91. The number of benzene rings is 1. The number of rotatable bonds is 1. The first-order valence-electron chi connectivity index (χ1n) is 5.85. The Morgan fingerprint density at radius 2 is 1.53 bits per heavy atom. The van der Waals surface area contributed by atoms with E-state index < -0.39 is 0 Å². The van der Waals surface area contributed by atoms with E-state index in [4.69, 9.17) is 0 Å². The maximum absolute atomic E-state index is 2.38. The topological polar surface area (TPSA) is 0 Å². The highest BCUT2D eigenvalue weighted by Gasteiger charge is 2.17. The Hall–Kier alpha value is -0.780. The summed E-state index contributed by atoms with van der Waals surface area (Å²) in [6.45, 7) is 15.8. The molecule has 0 aliphatic rings. The first kappa shape index (κ1) is 12.3. The van der Waals surface area contributed by atoms with E-state index in [-0.39, 0.29) is 5.41 Å². The van der Waals surface area contributed by atoms with Gasteiger partial charge in [0.25, 0.3) is 0 Å². The normalized spacial score (nSPS) is 12.3. The van der Waals surface area contributed by atoms with Gasteiger partial charge in [-0.25, -0.2) is 0 Å². The number of hydrogen-bond donors (Lipinski definition) is 0. The van der Waals surface area contributed by atoms with Crippen molar-refractivity contribution in [2.75, 3.05) is 0 Å². The van der Waals surface area contributed by atoms with Gasteiger partial charge in [0.2, 0.25) is 0 Å². The van der Waals surface area contributed by atoms with E-state index in [1.807, 2.05) is 0 Å². The van der Waals surface area contributed by atoms with Gasteiger partial charge in [-0.3, -0.25) is 0 Å². The first-order valence-corrected chi connectivity index (χ1v) is 5.85. The summed E-state index contributed by atoms with van der Waals surface area (Å²) in [5.74, 6) is 0.617. The van der Waals surface area contributed by atoms with Gasteiger partial charge in [0.1, 0.15) is 0 Å². The van der Waals surface area contributed by atoms with Gasteiger partial charge in [0.05, 0.1) is 0 Å². The van der Waals surface area contributed by atoms with E-state index in [2.05, 4.69) is 60.6 Å². The maximum atomic E-state index is 2.38. The smallest absolute Gasteiger partial charge is 0.0132 e. The summed E-state index contributed by atoms with van der Waals surface area (Å²) in [4.78, 5) is 0. The monoisotopic (exact) mass is 204 g/mol. The molecule has 15 heavy (non-hydrogen) atoms. The average molecular weight is 204 g/mol. The maximum Gasteiger partial charge on any atom is -0.0132 e. The molecule has 0 nitrogen and oxygen atoms in total. The minimum Gasteiger partial charge on any atom is -0.0587 e. The van der Waals surface area contributed by atoms with Crippen molar-refractivity contribution >= 4 is 0 Å². The van der Waals surface area contributed by atoms with Crippen molar-refractivity contribution in [2.45, 2.75) is 59.8 Å². The fourth-order valence-electron chi connectivity index (χ4n) is 1.92. The molecule has 0 aromatic heterocycles.